The molecule has 1 saturated heterocycles. The molecule has 0 aromatic heterocycles. The molecule has 0 radical (unpaired) electrons. The normalized spacial score (nSPS) is 21.7. The molecule has 0 aliphatic carbocycles. The summed E-state index contributed by atoms with van der Waals surface area (Å²) in [4.78, 5) is 23.6. The molecular formula is C14H17NO7S. The molecule has 1 unspecified atom stereocenters. The van der Waals surface area contributed by atoms with E-state index in [0.29, 0.717) is 5.75 Å². The van der Waals surface area contributed by atoms with Gasteiger partial charge in [-0.1, -0.05) is 0 Å². The predicted molar refractivity (Wildman–Crippen MR) is 79.4 cm³/mol. The Morgan fingerprint density at radius 2 is 1.83 bits per heavy atom. The number of hydrogen-bond donors (Lipinski definition) is 2. The molecule has 0 bridgehead atoms. The Balaban J connectivity index is 2.50. The molecule has 9 heteroatoms. The van der Waals surface area contributed by atoms with Gasteiger partial charge < -0.3 is 19.8 Å². The number of ether oxygens (including phenoxy) is 1. The highest BCUT2D eigenvalue weighted by Gasteiger charge is 2.54. The summed E-state index contributed by atoms with van der Waals surface area (Å²) in [6, 6.07) is 5.36. The second kappa shape index (κ2) is 6.07. The number of carboxylic acid groups (broad SMARTS) is 2. The van der Waals surface area contributed by atoms with E-state index in [0.717, 1.165) is 4.90 Å². The van der Waals surface area contributed by atoms with Crippen molar-refractivity contribution < 1.29 is 33.0 Å². The standard InChI is InChI=1S/C14H17NO7S/c1-22-10-3-5-11(6-4-10)23(20,21)14(12(16)17)7-2-8-15(9-14)13(18)19/h3-6H,2,7-9H2,1H3,(H,16,17)(H,18,19). The first-order valence-electron chi connectivity index (χ1n) is 6.84. The van der Waals surface area contributed by atoms with E-state index in [1.165, 1.54) is 31.4 Å². The van der Waals surface area contributed by atoms with Gasteiger partial charge in [-0.05, 0) is 37.1 Å². The first kappa shape index (κ1) is 17.1. The Kier molecular flexibility index (Phi) is 4.51. The van der Waals surface area contributed by atoms with Crippen molar-refractivity contribution in [3.8, 4) is 5.75 Å². The molecule has 1 heterocycles. The molecular weight excluding hydrogens is 326 g/mol. The van der Waals surface area contributed by atoms with Crippen molar-refractivity contribution in [1.29, 1.82) is 0 Å². The van der Waals surface area contributed by atoms with Gasteiger partial charge in [-0.15, -0.1) is 0 Å². The van der Waals surface area contributed by atoms with Gasteiger partial charge >= 0.3 is 12.1 Å². The maximum Gasteiger partial charge on any atom is 0.407 e. The van der Waals surface area contributed by atoms with Crippen molar-refractivity contribution in [2.24, 2.45) is 0 Å². The zero-order valence-corrected chi connectivity index (χ0v) is 13.2. The number of methoxy groups -OCH3 is 1. The lowest BCUT2D eigenvalue weighted by molar-refractivity contribution is -0.141. The van der Waals surface area contributed by atoms with Crippen LogP contribution in [0.25, 0.3) is 0 Å². The van der Waals surface area contributed by atoms with Crippen LogP contribution in [0.3, 0.4) is 0 Å². The van der Waals surface area contributed by atoms with Gasteiger partial charge in [0.2, 0.25) is 0 Å². The topological polar surface area (TPSA) is 121 Å². The fourth-order valence-corrected chi connectivity index (χ4v) is 4.59. The van der Waals surface area contributed by atoms with Crippen LogP contribution in [0, 0.1) is 0 Å². The van der Waals surface area contributed by atoms with Crippen LogP contribution in [0.1, 0.15) is 12.8 Å². The monoisotopic (exact) mass is 343 g/mol. The summed E-state index contributed by atoms with van der Waals surface area (Å²) >= 11 is 0. The van der Waals surface area contributed by atoms with Crippen LogP contribution in [-0.4, -0.2) is 60.5 Å². The van der Waals surface area contributed by atoms with Gasteiger partial charge in [0, 0.05) is 6.54 Å². The number of likely N-dealkylation sites (tertiary alicyclic amines) is 1. The van der Waals surface area contributed by atoms with Crippen molar-refractivity contribution in [3.05, 3.63) is 24.3 Å². The number of hydrogen-bond acceptors (Lipinski definition) is 5. The lowest BCUT2D eigenvalue weighted by Crippen LogP contribution is -2.58. The first-order chi connectivity index (χ1) is 10.7. The molecule has 0 spiro atoms. The molecule has 126 valence electrons. The van der Waals surface area contributed by atoms with E-state index in [4.69, 9.17) is 9.84 Å². The summed E-state index contributed by atoms with van der Waals surface area (Å²) < 4.78 is 28.5. The second-order valence-electron chi connectivity index (χ2n) is 5.29. The maximum absolute atomic E-state index is 12.9. The zero-order chi connectivity index (χ0) is 17.3. The van der Waals surface area contributed by atoms with Crippen LogP contribution in [-0.2, 0) is 14.6 Å². The number of nitrogens with zero attached hydrogens (tertiary/aromatic N) is 1. The van der Waals surface area contributed by atoms with Crippen LogP contribution in [0.2, 0.25) is 0 Å². The Bertz CT molecular complexity index is 713. The summed E-state index contributed by atoms with van der Waals surface area (Å²) in [6.07, 6.45) is -1.31. The van der Waals surface area contributed by atoms with Gasteiger partial charge in [-0.25, -0.2) is 13.2 Å². The summed E-state index contributed by atoms with van der Waals surface area (Å²) in [7, 11) is -2.85. The van der Waals surface area contributed by atoms with E-state index in [1.54, 1.807) is 0 Å². The number of carboxylic acids is 1. The molecule has 1 amide bonds. The summed E-state index contributed by atoms with van der Waals surface area (Å²) in [5, 5.41) is 18.6. The Morgan fingerprint density at radius 3 is 2.30 bits per heavy atom. The second-order valence-corrected chi connectivity index (χ2v) is 7.55. The summed E-state index contributed by atoms with van der Waals surface area (Å²) in [5.74, 6) is -1.11. The van der Waals surface area contributed by atoms with E-state index in [2.05, 4.69) is 0 Å². The quantitative estimate of drug-likeness (QED) is 0.838. The smallest absolute Gasteiger partial charge is 0.407 e. The van der Waals surface area contributed by atoms with Gasteiger partial charge in [0.25, 0.3) is 0 Å². The fourth-order valence-electron chi connectivity index (χ4n) is 2.67. The minimum Gasteiger partial charge on any atom is -0.497 e. The molecule has 1 aromatic rings. The van der Waals surface area contributed by atoms with E-state index < -0.39 is 33.2 Å². The Labute approximate surface area is 133 Å². The van der Waals surface area contributed by atoms with Crippen molar-refractivity contribution in [3.63, 3.8) is 0 Å². The number of carbonyl (C=O) groups is 2. The molecule has 1 aliphatic heterocycles. The minimum atomic E-state index is -4.27. The van der Waals surface area contributed by atoms with Gasteiger partial charge in [0.15, 0.2) is 14.6 Å². The van der Waals surface area contributed by atoms with E-state index >= 15 is 0 Å². The lowest BCUT2D eigenvalue weighted by Gasteiger charge is -2.37. The molecule has 1 aromatic carbocycles. The van der Waals surface area contributed by atoms with Crippen LogP contribution in [0.5, 0.6) is 5.75 Å². The molecule has 2 N–H and O–H groups in total. The number of rotatable bonds is 4. The third kappa shape index (κ3) is 2.83. The van der Waals surface area contributed by atoms with Crippen molar-refractivity contribution >= 4 is 21.9 Å². The highest BCUT2D eigenvalue weighted by molar-refractivity contribution is 7.93. The lowest BCUT2D eigenvalue weighted by atomic mass is 9.97. The predicted octanol–water partition coefficient (Wildman–Crippen LogP) is 1.07. The molecule has 8 nitrogen and oxygen atoms in total. The van der Waals surface area contributed by atoms with Gasteiger partial charge in [-0.3, -0.25) is 4.79 Å². The Morgan fingerprint density at radius 1 is 1.22 bits per heavy atom. The van der Waals surface area contributed by atoms with E-state index in [-0.39, 0.29) is 24.3 Å². The zero-order valence-electron chi connectivity index (χ0n) is 12.4. The molecule has 1 fully saturated rings. The van der Waals surface area contributed by atoms with Crippen LogP contribution < -0.4 is 4.74 Å². The average Bonchev–Trinajstić information content (AvgIpc) is 2.54. The summed E-state index contributed by atoms with van der Waals surface area (Å²) in [6.45, 7) is -0.478. The molecule has 1 aliphatic rings. The number of benzene rings is 1. The third-order valence-corrected chi connectivity index (χ3v) is 6.43. The van der Waals surface area contributed by atoms with E-state index in [1.807, 2.05) is 0 Å². The Hall–Kier alpha value is -2.29. The number of amides is 1. The first-order valence-corrected chi connectivity index (χ1v) is 8.33. The number of piperidine rings is 1. The number of sulfone groups is 1. The largest absolute Gasteiger partial charge is 0.497 e. The van der Waals surface area contributed by atoms with Gasteiger partial charge in [0.05, 0.1) is 18.6 Å². The van der Waals surface area contributed by atoms with Gasteiger partial charge in [-0.2, -0.15) is 0 Å². The molecule has 0 saturated carbocycles. The summed E-state index contributed by atoms with van der Waals surface area (Å²) in [5.41, 5.74) is 0. The SMILES string of the molecule is COc1ccc(S(=O)(=O)C2(C(=O)O)CCCN(C(=O)O)C2)cc1. The van der Waals surface area contributed by atoms with Crippen LogP contribution >= 0.6 is 0 Å². The van der Waals surface area contributed by atoms with Gasteiger partial charge in [0.1, 0.15) is 5.75 Å². The average molecular weight is 343 g/mol. The molecule has 1 atom stereocenters. The third-order valence-electron chi connectivity index (χ3n) is 4.00. The highest BCUT2D eigenvalue weighted by Crippen LogP contribution is 2.35. The molecule has 23 heavy (non-hydrogen) atoms. The molecule has 2 rings (SSSR count). The van der Waals surface area contributed by atoms with Crippen molar-refractivity contribution in [2.45, 2.75) is 22.5 Å². The highest BCUT2D eigenvalue weighted by atomic mass is 32.2. The minimum absolute atomic E-state index is 0.114. The van der Waals surface area contributed by atoms with E-state index in [9.17, 15) is 23.1 Å². The number of aliphatic carboxylic acids is 1. The maximum atomic E-state index is 12.9. The fraction of sp³-hybridized carbons (Fsp3) is 0.429. The van der Waals surface area contributed by atoms with Crippen molar-refractivity contribution in [1.82, 2.24) is 4.90 Å². The van der Waals surface area contributed by atoms with Crippen LogP contribution in [0.15, 0.2) is 29.2 Å². The van der Waals surface area contributed by atoms with Crippen LogP contribution in [0.4, 0.5) is 4.79 Å². The van der Waals surface area contributed by atoms with Crippen molar-refractivity contribution in [2.75, 3.05) is 20.2 Å².